The van der Waals surface area contributed by atoms with E-state index in [0.717, 1.165) is 42.6 Å². The fraction of sp³-hybridized carbons (Fsp3) is 0.611. The number of methoxy groups -OCH3 is 1. The van der Waals surface area contributed by atoms with Crippen LogP contribution in [-0.2, 0) is 0 Å². The van der Waals surface area contributed by atoms with Gasteiger partial charge in [-0.15, -0.1) is 0 Å². The molecule has 0 spiro atoms. The van der Waals surface area contributed by atoms with E-state index in [4.69, 9.17) is 4.74 Å². The van der Waals surface area contributed by atoms with E-state index in [1.165, 1.54) is 6.42 Å². The van der Waals surface area contributed by atoms with Crippen molar-refractivity contribution in [3.63, 3.8) is 0 Å². The van der Waals surface area contributed by atoms with Crippen molar-refractivity contribution >= 4 is 0 Å². The Labute approximate surface area is 127 Å². The number of nitriles is 1. The molecule has 1 saturated carbocycles. The molecule has 21 heavy (non-hydrogen) atoms. The van der Waals surface area contributed by atoms with Gasteiger partial charge in [0.2, 0.25) is 0 Å². The van der Waals surface area contributed by atoms with Gasteiger partial charge in [-0.2, -0.15) is 5.26 Å². The number of nitrogens with zero attached hydrogens (tertiary/aromatic N) is 1. The van der Waals surface area contributed by atoms with Crippen molar-refractivity contribution in [2.75, 3.05) is 7.11 Å². The third kappa shape index (κ3) is 3.06. The van der Waals surface area contributed by atoms with Crippen molar-refractivity contribution in [3.05, 3.63) is 29.3 Å². The average Bonchev–Trinajstić information content (AvgIpc) is 2.53. The van der Waals surface area contributed by atoms with Crippen LogP contribution in [0.2, 0.25) is 0 Å². The third-order valence-corrected chi connectivity index (χ3v) is 4.95. The van der Waals surface area contributed by atoms with E-state index < -0.39 is 11.5 Å². The molecule has 0 bridgehead atoms. The monoisotopic (exact) mass is 287 g/mol. The summed E-state index contributed by atoms with van der Waals surface area (Å²) in [6, 6.07) is 8.14. The van der Waals surface area contributed by atoms with Crippen LogP contribution >= 0.6 is 0 Å². The zero-order valence-corrected chi connectivity index (χ0v) is 13.2. The van der Waals surface area contributed by atoms with Crippen molar-refractivity contribution < 1.29 is 9.84 Å². The van der Waals surface area contributed by atoms with Crippen LogP contribution in [0.15, 0.2) is 18.2 Å². The van der Waals surface area contributed by atoms with Crippen LogP contribution < -0.4 is 4.74 Å². The zero-order chi connectivity index (χ0) is 15.5. The number of aliphatic hydroxyl groups is 1. The summed E-state index contributed by atoms with van der Waals surface area (Å²) in [4.78, 5) is 0. The standard InChI is InChI=1S/C18H25NO2/c1-4-14-6-5-9-18(11-14,12-19)17(20)15-7-8-16(21-3)13(2)10-15/h7-8,10,14,17,20H,4-6,9,11H2,1-3H3. The molecule has 0 saturated heterocycles. The quantitative estimate of drug-likeness (QED) is 0.905. The van der Waals surface area contributed by atoms with E-state index in [2.05, 4.69) is 13.0 Å². The molecule has 3 atom stereocenters. The molecule has 1 N–H and O–H groups in total. The molecule has 3 heteroatoms. The molecule has 1 aromatic carbocycles. The Morgan fingerprint density at radius 3 is 2.86 bits per heavy atom. The first kappa shape index (κ1) is 15.9. The normalized spacial score (nSPS) is 26.9. The lowest BCUT2D eigenvalue weighted by atomic mass is 9.65. The first-order chi connectivity index (χ1) is 10.1. The van der Waals surface area contributed by atoms with Gasteiger partial charge in [0.15, 0.2) is 0 Å². The van der Waals surface area contributed by atoms with Gasteiger partial charge in [-0.1, -0.05) is 32.3 Å². The largest absolute Gasteiger partial charge is 0.496 e. The van der Waals surface area contributed by atoms with E-state index in [9.17, 15) is 10.4 Å². The number of rotatable bonds is 4. The highest BCUT2D eigenvalue weighted by molar-refractivity contribution is 5.38. The molecule has 3 nitrogen and oxygen atoms in total. The molecule has 1 aliphatic carbocycles. The number of aliphatic hydroxyl groups excluding tert-OH is 1. The van der Waals surface area contributed by atoms with Crippen molar-refractivity contribution in [1.82, 2.24) is 0 Å². The summed E-state index contributed by atoms with van der Waals surface area (Å²) in [5, 5.41) is 20.6. The van der Waals surface area contributed by atoms with E-state index in [0.29, 0.717) is 5.92 Å². The molecule has 114 valence electrons. The van der Waals surface area contributed by atoms with Gasteiger partial charge >= 0.3 is 0 Å². The predicted molar refractivity (Wildman–Crippen MR) is 83.0 cm³/mol. The Morgan fingerprint density at radius 1 is 1.52 bits per heavy atom. The summed E-state index contributed by atoms with van der Waals surface area (Å²) in [6.45, 7) is 4.13. The topological polar surface area (TPSA) is 53.2 Å². The van der Waals surface area contributed by atoms with Gasteiger partial charge in [-0.3, -0.25) is 0 Å². The van der Waals surface area contributed by atoms with Crippen LogP contribution in [-0.4, -0.2) is 12.2 Å². The van der Waals surface area contributed by atoms with Gasteiger partial charge in [-0.05, 0) is 48.9 Å². The number of hydrogen-bond donors (Lipinski definition) is 1. The maximum Gasteiger partial charge on any atom is 0.121 e. The van der Waals surface area contributed by atoms with Gasteiger partial charge in [0, 0.05) is 0 Å². The van der Waals surface area contributed by atoms with Gasteiger partial charge in [0.1, 0.15) is 5.75 Å². The number of aryl methyl sites for hydroxylation is 1. The molecule has 1 aromatic rings. The molecule has 0 aliphatic heterocycles. The van der Waals surface area contributed by atoms with E-state index in [-0.39, 0.29) is 0 Å². The maximum atomic E-state index is 10.8. The molecular formula is C18H25NO2. The lowest BCUT2D eigenvalue weighted by Gasteiger charge is -2.39. The molecule has 1 aliphatic rings. The van der Waals surface area contributed by atoms with Crippen LogP contribution in [0.25, 0.3) is 0 Å². The Kier molecular flexibility index (Phi) is 4.90. The molecular weight excluding hydrogens is 262 g/mol. The highest BCUT2D eigenvalue weighted by Gasteiger charge is 2.43. The molecule has 0 radical (unpaired) electrons. The second-order valence-corrected chi connectivity index (χ2v) is 6.27. The van der Waals surface area contributed by atoms with Crippen molar-refractivity contribution in [1.29, 1.82) is 5.26 Å². The minimum absolute atomic E-state index is 0.549. The van der Waals surface area contributed by atoms with Crippen molar-refractivity contribution in [2.24, 2.45) is 11.3 Å². The minimum Gasteiger partial charge on any atom is -0.496 e. The van der Waals surface area contributed by atoms with Gasteiger partial charge in [0.25, 0.3) is 0 Å². The number of benzene rings is 1. The Bertz CT molecular complexity index is 535. The highest BCUT2D eigenvalue weighted by atomic mass is 16.5. The first-order valence-electron chi connectivity index (χ1n) is 7.80. The summed E-state index contributed by atoms with van der Waals surface area (Å²) >= 11 is 0. The number of ether oxygens (including phenoxy) is 1. The summed E-state index contributed by atoms with van der Waals surface area (Å²) in [5.41, 5.74) is 1.18. The highest BCUT2D eigenvalue weighted by Crippen LogP contribution is 2.48. The van der Waals surface area contributed by atoms with Gasteiger partial charge < -0.3 is 9.84 Å². The Hall–Kier alpha value is -1.53. The molecule has 3 unspecified atom stereocenters. The lowest BCUT2D eigenvalue weighted by Crippen LogP contribution is -2.33. The summed E-state index contributed by atoms with van der Waals surface area (Å²) in [6.07, 6.45) is 4.14. The first-order valence-corrected chi connectivity index (χ1v) is 7.80. The summed E-state index contributed by atoms with van der Waals surface area (Å²) in [7, 11) is 1.64. The lowest BCUT2D eigenvalue weighted by molar-refractivity contribution is 0.0184. The maximum absolute atomic E-state index is 10.8. The molecule has 0 heterocycles. The smallest absolute Gasteiger partial charge is 0.121 e. The fourth-order valence-electron chi connectivity index (χ4n) is 3.58. The zero-order valence-electron chi connectivity index (χ0n) is 13.2. The van der Waals surface area contributed by atoms with Crippen LogP contribution in [0.5, 0.6) is 5.75 Å². The van der Waals surface area contributed by atoms with Crippen LogP contribution in [0.4, 0.5) is 0 Å². The van der Waals surface area contributed by atoms with Gasteiger partial charge in [0.05, 0.1) is 24.7 Å². The van der Waals surface area contributed by atoms with Crippen LogP contribution in [0.3, 0.4) is 0 Å². The van der Waals surface area contributed by atoms with E-state index in [1.54, 1.807) is 7.11 Å². The molecule has 0 amide bonds. The van der Waals surface area contributed by atoms with Crippen molar-refractivity contribution in [3.8, 4) is 11.8 Å². The van der Waals surface area contributed by atoms with E-state index >= 15 is 0 Å². The SMILES string of the molecule is CCC1CCCC(C#N)(C(O)c2ccc(OC)c(C)c2)C1. The Morgan fingerprint density at radius 2 is 2.29 bits per heavy atom. The molecule has 0 aromatic heterocycles. The minimum atomic E-state index is -0.721. The Balaban J connectivity index is 2.30. The average molecular weight is 287 g/mol. The van der Waals surface area contributed by atoms with Crippen LogP contribution in [0, 0.1) is 29.6 Å². The van der Waals surface area contributed by atoms with E-state index in [1.807, 2.05) is 25.1 Å². The molecule has 1 fully saturated rings. The summed E-state index contributed by atoms with van der Waals surface area (Å²) < 4.78 is 5.26. The second kappa shape index (κ2) is 6.49. The van der Waals surface area contributed by atoms with Gasteiger partial charge in [-0.25, -0.2) is 0 Å². The van der Waals surface area contributed by atoms with Crippen LogP contribution in [0.1, 0.15) is 56.3 Å². The molecule has 2 rings (SSSR count). The third-order valence-electron chi connectivity index (χ3n) is 4.95. The second-order valence-electron chi connectivity index (χ2n) is 6.27. The number of hydrogen-bond acceptors (Lipinski definition) is 3. The van der Waals surface area contributed by atoms with Crippen molar-refractivity contribution in [2.45, 2.75) is 52.1 Å². The fourth-order valence-corrected chi connectivity index (χ4v) is 3.58. The predicted octanol–water partition coefficient (Wildman–Crippen LogP) is 4.15. The summed E-state index contributed by atoms with van der Waals surface area (Å²) in [5.74, 6) is 1.36.